The summed E-state index contributed by atoms with van der Waals surface area (Å²) >= 11 is 0. The molecule has 1 aromatic carbocycles. The molecule has 5 rings (SSSR count). The van der Waals surface area contributed by atoms with Crippen LogP contribution in [0.2, 0.25) is 0 Å². The van der Waals surface area contributed by atoms with Crippen LogP contribution in [-0.4, -0.2) is 64.6 Å². The highest BCUT2D eigenvalue weighted by Crippen LogP contribution is 2.20. The van der Waals surface area contributed by atoms with Crippen molar-refractivity contribution in [2.45, 2.75) is 25.8 Å². The smallest absolute Gasteiger partial charge is 0.408 e. The van der Waals surface area contributed by atoms with E-state index < -0.39 is 5.76 Å². The Bertz CT molecular complexity index is 1130. The lowest BCUT2D eigenvalue weighted by Crippen LogP contribution is -2.50. The summed E-state index contributed by atoms with van der Waals surface area (Å²) in [5.41, 5.74) is 1.14. The summed E-state index contributed by atoms with van der Waals surface area (Å²) in [6.07, 6.45) is 5.46. The zero-order valence-electron chi connectivity index (χ0n) is 17.4. The lowest BCUT2D eigenvalue weighted by molar-refractivity contribution is -0.132. The predicted octanol–water partition coefficient (Wildman–Crippen LogP) is 1.72. The first kappa shape index (κ1) is 19.6. The molecule has 2 saturated heterocycles. The van der Waals surface area contributed by atoms with E-state index in [2.05, 4.69) is 14.8 Å². The number of para-hydroxylation sites is 2. The van der Waals surface area contributed by atoms with Gasteiger partial charge in [0, 0.05) is 45.5 Å². The molecule has 0 unspecified atom stereocenters. The van der Waals surface area contributed by atoms with Crippen LogP contribution in [-0.2, 0) is 11.3 Å². The minimum atomic E-state index is -0.501. The van der Waals surface area contributed by atoms with E-state index in [1.165, 1.54) is 23.8 Å². The van der Waals surface area contributed by atoms with E-state index in [0.717, 1.165) is 24.9 Å². The van der Waals surface area contributed by atoms with E-state index in [-0.39, 0.29) is 12.5 Å². The quantitative estimate of drug-likeness (QED) is 0.633. The van der Waals surface area contributed by atoms with Crippen molar-refractivity contribution in [1.82, 2.24) is 19.4 Å². The van der Waals surface area contributed by atoms with Gasteiger partial charge >= 0.3 is 5.76 Å². The van der Waals surface area contributed by atoms with Crippen LogP contribution in [0.1, 0.15) is 19.3 Å². The van der Waals surface area contributed by atoms with Gasteiger partial charge < -0.3 is 19.1 Å². The molecule has 4 heterocycles. The summed E-state index contributed by atoms with van der Waals surface area (Å²) in [5, 5.41) is 0. The molecule has 31 heavy (non-hydrogen) atoms. The van der Waals surface area contributed by atoms with Crippen molar-refractivity contribution in [2.75, 3.05) is 49.1 Å². The van der Waals surface area contributed by atoms with Gasteiger partial charge in [-0.15, -0.1) is 0 Å². The number of fused-ring (bicyclic) bond motifs is 1. The molecule has 0 atom stereocenters. The Hall–Kier alpha value is -3.36. The summed E-state index contributed by atoms with van der Waals surface area (Å²) in [6, 6.07) is 9.09. The molecule has 0 bridgehead atoms. The number of rotatable bonds is 4. The maximum absolute atomic E-state index is 12.8. The SMILES string of the molecule is O=C(Cn1c(=O)oc2ccccc21)N1CCN(c2ccnc(N3CCCCC3)n2)CC1. The van der Waals surface area contributed by atoms with Crippen LogP contribution in [0.15, 0.2) is 45.7 Å². The Morgan fingerprint density at radius 2 is 1.71 bits per heavy atom. The van der Waals surface area contributed by atoms with E-state index in [9.17, 15) is 9.59 Å². The summed E-state index contributed by atoms with van der Waals surface area (Å²) in [4.78, 5) is 40.5. The van der Waals surface area contributed by atoms with Crippen molar-refractivity contribution in [1.29, 1.82) is 0 Å². The van der Waals surface area contributed by atoms with Crippen LogP contribution in [0.3, 0.4) is 0 Å². The number of oxazole rings is 1. The molecule has 2 aliphatic rings. The number of hydrogen-bond acceptors (Lipinski definition) is 7. The highest BCUT2D eigenvalue weighted by molar-refractivity contribution is 5.79. The lowest BCUT2D eigenvalue weighted by Gasteiger charge is -2.36. The average Bonchev–Trinajstić information content (AvgIpc) is 3.15. The van der Waals surface area contributed by atoms with E-state index in [4.69, 9.17) is 9.40 Å². The molecule has 0 N–H and O–H groups in total. The molecule has 0 saturated carbocycles. The molecule has 0 spiro atoms. The highest BCUT2D eigenvalue weighted by Gasteiger charge is 2.24. The molecule has 0 radical (unpaired) electrons. The minimum absolute atomic E-state index is 0.0114. The third-order valence-corrected chi connectivity index (χ3v) is 6.09. The average molecular weight is 422 g/mol. The van der Waals surface area contributed by atoms with Crippen LogP contribution >= 0.6 is 0 Å². The van der Waals surface area contributed by atoms with Gasteiger partial charge in [-0.05, 0) is 37.5 Å². The van der Waals surface area contributed by atoms with Gasteiger partial charge in [-0.3, -0.25) is 9.36 Å². The first-order valence-electron chi connectivity index (χ1n) is 10.9. The molecular formula is C22H26N6O3. The number of anilines is 2. The number of piperidine rings is 1. The fourth-order valence-corrected chi connectivity index (χ4v) is 4.35. The Kier molecular flexibility index (Phi) is 5.31. The Morgan fingerprint density at radius 3 is 2.52 bits per heavy atom. The number of piperazine rings is 1. The van der Waals surface area contributed by atoms with E-state index in [1.54, 1.807) is 23.1 Å². The van der Waals surface area contributed by atoms with Gasteiger partial charge in [0.1, 0.15) is 12.4 Å². The second-order valence-electron chi connectivity index (χ2n) is 8.05. The predicted molar refractivity (Wildman–Crippen MR) is 117 cm³/mol. The first-order valence-corrected chi connectivity index (χ1v) is 10.9. The fourth-order valence-electron chi connectivity index (χ4n) is 4.35. The third-order valence-electron chi connectivity index (χ3n) is 6.09. The van der Waals surface area contributed by atoms with Gasteiger partial charge in [-0.2, -0.15) is 4.98 Å². The molecule has 0 aliphatic carbocycles. The van der Waals surface area contributed by atoms with Gasteiger partial charge in [0.25, 0.3) is 0 Å². The van der Waals surface area contributed by atoms with Crippen molar-refractivity contribution >= 4 is 28.8 Å². The second-order valence-corrected chi connectivity index (χ2v) is 8.05. The van der Waals surface area contributed by atoms with Gasteiger partial charge in [0.2, 0.25) is 11.9 Å². The third kappa shape index (κ3) is 3.99. The Labute approximate surface area is 179 Å². The number of carbonyl (C=O) groups is 1. The molecule has 162 valence electrons. The lowest BCUT2D eigenvalue weighted by atomic mass is 10.1. The van der Waals surface area contributed by atoms with Crippen molar-refractivity contribution in [3.8, 4) is 0 Å². The van der Waals surface area contributed by atoms with Crippen LogP contribution in [0, 0.1) is 0 Å². The number of nitrogens with zero attached hydrogens (tertiary/aromatic N) is 6. The van der Waals surface area contributed by atoms with Crippen LogP contribution in [0.25, 0.3) is 11.1 Å². The number of amides is 1. The van der Waals surface area contributed by atoms with E-state index in [1.807, 2.05) is 18.3 Å². The van der Waals surface area contributed by atoms with Crippen LogP contribution in [0.4, 0.5) is 11.8 Å². The van der Waals surface area contributed by atoms with Gasteiger partial charge in [0.15, 0.2) is 5.58 Å². The first-order chi connectivity index (χ1) is 15.2. The van der Waals surface area contributed by atoms with Gasteiger partial charge in [-0.25, -0.2) is 9.78 Å². The standard InChI is InChI=1S/C22H26N6O3/c29-20(16-28-17-6-2-3-7-18(17)31-22(28)30)26-14-12-25(13-15-26)19-8-9-23-21(24-19)27-10-4-1-5-11-27/h2-3,6-9H,1,4-5,10-16H2. The van der Waals surface area contributed by atoms with Crippen molar-refractivity contribution in [2.24, 2.45) is 0 Å². The van der Waals surface area contributed by atoms with E-state index >= 15 is 0 Å². The minimum Gasteiger partial charge on any atom is -0.408 e. The number of aromatic nitrogens is 3. The summed E-state index contributed by atoms with van der Waals surface area (Å²) < 4.78 is 6.64. The van der Waals surface area contributed by atoms with Crippen LogP contribution < -0.4 is 15.6 Å². The maximum atomic E-state index is 12.8. The van der Waals surface area contributed by atoms with Crippen molar-refractivity contribution in [3.63, 3.8) is 0 Å². The largest absolute Gasteiger partial charge is 0.420 e. The second kappa shape index (κ2) is 8.41. The molecular weight excluding hydrogens is 396 g/mol. The Morgan fingerprint density at radius 1 is 0.935 bits per heavy atom. The topological polar surface area (TPSA) is 87.7 Å². The van der Waals surface area contributed by atoms with Gasteiger partial charge in [-0.1, -0.05) is 12.1 Å². The maximum Gasteiger partial charge on any atom is 0.420 e. The molecule has 9 heteroatoms. The molecule has 2 aliphatic heterocycles. The summed E-state index contributed by atoms with van der Waals surface area (Å²) in [5.74, 6) is 1.12. The molecule has 2 aromatic heterocycles. The molecule has 1 amide bonds. The summed E-state index contributed by atoms with van der Waals surface area (Å²) in [7, 11) is 0. The van der Waals surface area contributed by atoms with Gasteiger partial charge in [0.05, 0.1) is 5.52 Å². The Balaban J connectivity index is 1.23. The van der Waals surface area contributed by atoms with Crippen molar-refractivity contribution < 1.29 is 9.21 Å². The van der Waals surface area contributed by atoms with Crippen molar-refractivity contribution in [3.05, 3.63) is 47.1 Å². The number of hydrogen-bond donors (Lipinski definition) is 0. The molecule has 3 aromatic rings. The molecule has 2 fully saturated rings. The number of benzene rings is 1. The van der Waals surface area contributed by atoms with Crippen LogP contribution in [0.5, 0.6) is 0 Å². The monoisotopic (exact) mass is 422 g/mol. The zero-order chi connectivity index (χ0) is 21.2. The van der Waals surface area contributed by atoms with E-state index in [0.29, 0.717) is 37.3 Å². The number of carbonyl (C=O) groups excluding carboxylic acids is 1. The normalized spacial score (nSPS) is 17.4. The molecule has 9 nitrogen and oxygen atoms in total. The fraction of sp³-hybridized carbons (Fsp3) is 0.455. The summed E-state index contributed by atoms with van der Waals surface area (Å²) in [6.45, 7) is 4.58. The zero-order valence-corrected chi connectivity index (χ0v) is 17.4. The highest BCUT2D eigenvalue weighted by atomic mass is 16.4.